The number of hydrogen-bond donors (Lipinski definition) is 1. The fourth-order valence-corrected chi connectivity index (χ4v) is 7.90. The van der Waals surface area contributed by atoms with E-state index in [-0.39, 0.29) is 9.90 Å². The molecule has 0 saturated carbocycles. The molecule has 1 heterocycles. The standard InChI is InChI=1S/3C6H5.C5H5Cl2NS.H3P.Ru/c3*1-2-4-6-5-3-1;6-5(7,8)4-2-1-3-9-4;;/h3*1-5H;1-3H,8H2;1H3;. The van der Waals surface area contributed by atoms with Crippen molar-refractivity contribution in [2.24, 2.45) is 5.73 Å². The van der Waals surface area contributed by atoms with Crippen LogP contribution in [0, 0.1) is 0 Å². The van der Waals surface area contributed by atoms with E-state index in [1.54, 1.807) is 6.07 Å². The average molecular weight is 548 g/mol. The van der Waals surface area contributed by atoms with Crippen LogP contribution in [0.2, 0.25) is 0 Å². The van der Waals surface area contributed by atoms with Crippen LogP contribution in [0.15, 0.2) is 109 Å². The van der Waals surface area contributed by atoms with Crippen LogP contribution in [0.4, 0.5) is 0 Å². The summed E-state index contributed by atoms with van der Waals surface area (Å²) in [5.74, 6) is 0. The molecule has 1 unspecified atom stereocenters. The van der Waals surface area contributed by atoms with Gasteiger partial charge in [-0.05, 0) is 11.4 Å². The fourth-order valence-electron chi connectivity index (χ4n) is 2.41. The Labute approximate surface area is 195 Å². The van der Waals surface area contributed by atoms with Crippen LogP contribution in [-0.2, 0) is 20.4 Å². The first-order chi connectivity index (χ1) is 13.6. The summed E-state index contributed by atoms with van der Waals surface area (Å²) in [7, 11) is 0. The van der Waals surface area contributed by atoms with Crippen LogP contribution in [0.3, 0.4) is 0 Å². The van der Waals surface area contributed by atoms with Gasteiger partial charge in [-0.15, -0.1) is 11.3 Å². The Balaban J connectivity index is 0.000000255. The van der Waals surface area contributed by atoms with E-state index in [4.69, 9.17) is 28.9 Å². The minimum absolute atomic E-state index is 0. The van der Waals surface area contributed by atoms with E-state index in [2.05, 4.69) is 91.0 Å². The van der Waals surface area contributed by atoms with E-state index in [1.165, 1.54) is 23.8 Å². The molecule has 6 heteroatoms. The maximum absolute atomic E-state index is 5.55. The number of hydrogen-bond acceptors (Lipinski definition) is 2. The Kier molecular flexibility index (Phi) is 9.99. The van der Waals surface area contributed by atoms with E-state index in [9.17, 15) is 0 Å². The molecule has 1 aromatic heterocycles. The number of alkyl halides is 2. The van der Waals surface area contributed by atoms with Crippen LogP contribution in [-0.4, -0.2) is 0 Å². The monoisotopic (exact) mass is 548 g/mol. The molecule has 0 aliphatic heterocycles. The first-order valence-electron chi connectivity index (χ1n) is 8.57. The molecule has 0 aliphatic carbocycles. The van der Waals surface area contributed by atoms with Gasteiger partial charge in [0.2, 0.25) is 4.46 Å². The van der Waals surface area contributed by atoms with E-state index in [0.29, 0.717) is 0 Å². The molecule has 0 aliphatic rings. The molecule has 1 nitrogen and oxygen atoms in total. The zero-order chi connectivity index (χ0) is 19.8. The van der Waals surface area contributed by atoms with Crippen molar-refractivity contribution in [2.45, 2.75) is 4.46 Å². The van der Waals surface area contributed by atoms with Gasteiger partial charge in [0.05, 0.1) is 4.88 Å². The Morgan fingerprint density at radius 1 is 0.621 bits per heavy atom. The number of halogens is 2. The van der Waals surface area contributed by atoms with E-state index < -0.39 is 20.4 Å². The SMILES string of the molecule is NC(Cl)(Cl)c1cccs1.P.c1cc[c]([Ru]([c]2ccccc2)[c]2ccccc2)cc1. The molecule has 4 rings (SSSR count). The summed E-state index contributed by atoms with van der Waals surface area (Å²) in [6.45, 7) is 0. The van der Waals surface area contributed by atoms with Crippen LogP contribution in [0.1, 0.15) is 4.88 Å². The number of thiophene rings is 1. The Hall–Kier alpha value is -1.05. The van der Waals surface area contributed by atoms with Crippen molar-refractivity contribution >= 4 is 56.9 Å². The molecular weight excluding hydrogens is 525 g/mol. The van der Waals surface area contributed by atoms with Gasteiger partial charge >= 0.3 is 119 Å². The minimum atomic E-state index is -1.36. The van der Waals surface area contributed by atoms with Crippen LogP contribution < -0.4 is 18.2 Å². The van der Waals surface area contributed by atoms with Crippen molar-refractivity contribution in [1.29, 1.82) is 0 Å². The quantitative estimate of drug-likeness (QED) is 0.167. The van der Waals surface area contributed by atoms with Gasteiger partial charge < -0.3 is 0 Å². The number of rotatable bonds is 4. The van der Waals surface area contributed by atoms with Crippen molar-refractivity contribution in [3.63, 3.8) is 0 Å². The summed E-state index contributed by atoms with van der Waals surface area (Å²) < 4.78 is 3.22. The Morgan fingerprint density at radius 2 is 1.00 bits per heavy atom. The van der Waals surface area contributed by atoms with Gasteiger partial charge in [0.15, 0.2) is 0 Å². The molecule has 0 amide bonds. The van der Waals surface area contributed by atoms with Gasteiger partial charge in [-0.3, -0.25) is 5.73 Å². The molecule has 0 bridgehead atoms. The maximum atomic E-state index is 5.55. The van der Waals surface area contributed by atoms with Gasteiger partial charge in [-0.25, -0.2) is 0 Å². The van der Waals surface area contributed by atoms with Gasteiger partial charge in [-0.2, -0.15) is 9.90 Å². The second-order valence-corrected chi connectivity index (χ2v) is 12.4. The third-order valence-electron chi connectivity index (χ3n) is 3.64. The third-order valence-corrected chi connectivity index (χ3v) is 10.0. The molecule has 0 fully saturated rings. The zero-order valence-electron chi connectivity index (χ0n) is 15.7. The average Bonchev–Trinajstić information content (AvgIpc) is 3.27. The topological polar surface area (TPSA) is 26.0 Å². The zero-order valence-corrected chi connectivity index (χ0v) is 21.2. The molecule has 0 saturated heterocycles. The van der Waals surface area contributed by atoms with Crippen LogP contribution in [0.25, 0.3) is 0 Å². The summed E-state index contributed by atoms with van der Waals surface area (Å²) in [6.07, 6.45) is 0. The molecule has 2 N–H and O–H groups in total. The fraction of sp³-hybridized carbons (Fsp3) is 0.0435. The van der Waals surface area contributed by atoms with Crippen LogP contribution in [0.5, 0.6) is 0 Å². The second kappa shape index (κ2) is 12.0. The van der Waals surface area contributed by atoms with Crippen molar-refractivity contribution in [3.8, 4) is 0 Å². The Bertz CT molecular complexity index is 853. The van der Waals surface area contributed by atoms with E-state index >= 15 is 0 Å². The summed E-state index contributed by atoms with van der Waals surface area (Å²) in [5.41, 5.74) is 5.34. The summed E-state index contributed by atoms with van der Waals surface area (Å²) in [4.78, 5) is 0.769. The molecule has 3 aromatic carbocycles. The van der Waals surface area contributed by atoms with Crippen molar-refractivity contribution in [2.75, 3.05) is 0 Å². The van der Waals surface area contributed by atoms with Crippen molar-refractivity contribution in [3.05, 3.63) is 113 Å². The molecule has 4 aromatic rings. The molecule has 1 atom stereocenters. The first-order valence-corrected chi connectivity index (χ1v) is 12.8. The summed E-state index contributed by atoms with van der Waals surface area (Å²) in [5, 5.41) is 1.88. The molecule has 0 radical (unpaired) electrons. The van der Waals surface area contributed by atoms with Gasteiger partial charge in [-0.1, -0.05) is 29.3 Å². The normalized spacial score (nSPS) is 10.9. The summed E-state index contributed by atoms with van der Waals surface area (Å²) >= 11 is 11.2. The number of nitrogens with two attached hydrogens (primary N) is 1. The molecule has 29 heavy (non-hydrogen) atoms. The second-order valence-electron chi connectivity index (χ2n) is 5.71. The van der Waals surface area contributed by atoms with E-state index in [1.807, 2.05) is 11.4 Å². The number of benzene rings is 3. The van der Waals surface area contributed by atoms with Gasteiger partial charge in [0.25, 0.3) is 0 Å². The predicted octanol–water partition coefficient (Wildman–Crippen LogP) is 4.93. The Morgan fingerprint density at radius 3 is 1.24 bits per heavy atom. The molecule has 0 spiro atoms. The first kappa shape index (κ1) is 24.2. The summed E-state index contributed by atoms with van der Waals surface area (Å²) in [6, 6.07) is 36.3. The van der Waals surface area contributed by atoms with E-state index in [0.717, 1.165) is 4.88 Å². The van der Waals surface area contributed by atoms with Crippen LogP contribution >= 0.6 is 44.4 Å². The molecular formula is C23H23Cl2NPRuS. The van der Waals surface area contributed by atoms with Crippen molar-refractivity contribution < 1.29 is 16.0 Å². The van der Waals surface area contributed by atoms with Crippen molar-refractivity contribution in [1.82, 2.24) is 0 Å². The predicted molar refractivity (Wildman–Crippen MR) is 131 cm³/mol. The van der Waals surface area contributed by atoms with Gasteiger partial charge in [0, 0.05) is 0 Å². The third kappa shape index (κ3) is 7.30. The van der Waals surface area contributed by atoms with Gasteiger partial charge in [0.1, 0.15) is 0 Å². The molecule has 153 valence electrons.